The van der Waals surface area contributed by atoms with Gasteiger partial charge in [0.05, 0.1) is 17.5 Å². The summed E-state index contributed by atoms with van der Waals surface area (Å²) in [5.41, 5.74) is 5.57. The monoisotopic (exact) mass is 259 g/mol. The molecule has 98 valence electrons. The van der Waals surface area contributed by atoms with Gasteiger partial charge in [0.1, 0.15) is 0 Å². The molecule has 1 saturated heterocycles. The first kappa shape index (κ1) is 14.3. The Morgan fingerprint density at radius 2 is 2.00 bits per heavy atom. The van der Waals surface area contributed by atoms with E-state index in [0.717, 1.165) is 13.1 Å². The van der Waals surface area contributed by atoms with Crippen LogP contribution >= 0.6 is 12.2 Å². The third kappa shape index (κ3) is 3.90. The summed E-state index contributed by atoms with van der Waals surface area (Å²) in [4.78, 5) is 16.4. The molecule has 0 saturated carbocycles. The number of piperazine rings is 1. The summed E-state index contributed by atoms with van der Waals surface area (Å²) in [5.74, 6) is -0.280. The van der Waals surface area contributed by atoms with Crippen LogP contribution in [0.2, 0.25) is 0 Å². The molecule has 0 aromatic rings. The number of aliphatic hydroxyl groups excluding tert-OH is 1. The number of thiocarbonyl (C=S) groups is 1. The summed E-state index contributed by atoms with van der Waals surface area (Å²) < 4.78 is 0. The molecule has 1 aliphatic rings. The highest BCUT2D eigenvalue weighted by Crippen LogP contribution is 2.11. The van der Waals surface area contributed by atoms with Crippen molar-refractivity contribution in [2.75, 3.05) is 39.3 Å². The second-order valence-electron chi connectivity index (χ2n) is 4.25. The number of amides is 1. The lowest BCUT2D eigenvalue weighted by Crippen LogP contribution is -2.52. The molecule has 1 heterocycles. The van der Waals surface area contributed by atoms with Gasteiger partial charge in [-0.05, 0) is 6.42 Å². The molecule has 0 aromatic carbocycles. The average Bonchev–Trinajstić information content (AvgIpc) is 2.30. The molecule has 1 rings (SSSR count). The van der Waals surface area contributed by atoms with Gasteiger partial charge in [-0.15, -0.1) is 0 Å². The number of hydrogen-bond acceptors (Lipinski definition) is 4. The first-order valence-electron chi connectivity index (χ1n) is 6.01. The van der Waals surface area contributed by atoms with Crippen LogP contribution in [0.25, 0.3) is 0 Å². The van der Waals surface area contributed by atoms with Gasteiger partial charge in [-0.25, -0.2) is 0 Å². The standard InChI is InChI=1S/C11H21N3O2S/c1-2-9(10(12)17)11(16)14-5-3-13(4-6-14)7-8-15/h9,15H,2-8H2,1H3,(H2,12,17). The van der Waals surface area contributed by atoms with Crippen LogP contribution in [0.4, 0.5) is 0 Å². The van der Waals surface area contributed by atoms with Crippen molar-refractivity contribution in [2.24, 2.45) is 11.7 Å². The Labute approximate surface area is 108 Å². The van der Waals surface area contributed by atoms with Gasteiger partial charge < -0.3 is 15.7 Å². The molecule has 1 atom stereocenters. The van der Waals surface area contributed by atoms with Gasteiger partial charge in [0, 0.05) is 32.7 Å². The average molecular weight is 259 g/mol. The van der Waals surface area contributed by atoms with Crippen molar-refractivity contribution in [1.82, 2.24) is 9.80 Å². The molecule has 0 aliphatic carbocycles. The Kier molecular flexibility index (Phi) is 5.80. The summed E-state index contributed by atoms with van der Waals surface area (Å²) in [5, 5.41) is 8.84. The zero-order valence-electron chi connectivity index (χ0n) is 10.3. The normalized spacial score (nSPS) is 19.1. The number of carbonyl (C=O) groups excluding carboxylic acids is 1. The van der Waals surface area contributed by atoms with Crippen molar-refractivity contribution in [1.29, 1.82) is 0 Å². The van der Waals surface area contributed by atoms with Crippen LogP contribution in [-0.4, -0.2) is 65.1 Å². The molecule has 1 unspecified atom stereocenters. The van der Waals surface area contributed by atoms with E-state index in [4.69, 9.17) is 23.1 Å². The van der Waals surface area contributed by atoms with Crippen molar-refractivity contribution in [3.05, 3.63) is 0 Å². The van der Waals surface area contributed by atoms with Crippen LogP contribution in [0.3, 0.4) is 0 Å². The predicted molar refractivity (Wildman–Crippen MR) is 70.7 cm³/mol. The second-order valence-corrected chi connectivity index (χ2v) is 4.73. The predicted octanol–water partition coefficient (Wildman–Crippen LogP) is -0.565. The van der Waals surface area contributed by atoms with E-state index in [2.05, 4.69) is 4.90 Å². The van der Waals surface area contributed by atoms with Crippen molar-refractivity contribution in [2.45, 2.75) is 13.3 Å². The summed E-state index contributed by atoms with van der Waals surface area (Å²) >= 11 is 4.91. The smallest absolute Gasteiger partial charge is 0.232 e. The van der Waals surface area contributed by atoms with Crippen molar-refractivity contribution in [3.8, 4) is 0 Å². The summed E-state index contributed by atoms with van der Waals surface area (Å²) in [7, 11) is 0. The lowest BCUT2D eigenvalue weighted by molar-refractivity contribution is -0.135. The number of nitrogens with zero attached hydrogens (tertiary/aromatic N) is 2. The topological polar surface area (TPSA) is 69.8 Å². The van der Waals surface area contributed by atoms with Gasteiger partial charge >= 0.3 is 0 Å². The SMILES string of the molecule is CCC(C(=O)N1CCN(CCO)CC1)C(N)=S. The van der Waals surface area contributed by atoms with E-state index in [0.29, 0.717) is 26.1 Å². The highest BCUT2D eigenvalue weighted by atomic mass is 32.1. The Bertz CT molecular complexity index is 278. The van der Waals surface area contributed by atoms with E-state index in [9.17, 15) is 4.79 Å². The third-order valence-electron chi connectivity index (χ3n) is 3.15. The van der Waals surface area contributed by atoms with Crippen LogP contribution in [0.5, 0.6) is 0 Å². The van der Waals surface area contributed by atoms with E-state index in [1.54, 1.807) is 0 Å². The van der Waals surface area contributed by atoms with Crippen molar-refractivity contribution >= 4 is 23.1 Å². The zero-order chi connectivity index (χ0) is 12.8. The van der Waals surface area contributed by atoms with Gasteiger partial charge in [0.15, 0.2) is 0 Å². The number of rotatable bonds is 5. The van der Waals surface area contributed by atoms with E-state index in [-0.39, 0.29) is 23.4 Å². The van der Waals surface area contributed by atoms with E-state index < -0.39 is 0 Å². The Morgan fingerprint density at radius 3 is 2.41 bits per heavy atom. The molecule has 1 aliphatic heterocycles. The van der Waals surface area contributed by atoms with Crippen molar-refractivity contribution < 1.29 is 9.90 Å². The van der Waals surface area contributed by atoms with Crippen LogP contribution in [0.1, 0.15) is 13.3 Å². The molecule has 1 fully saturated rings. The molecule has 0 spiro atoms. The van der Waals surface area contributed by atoms with Crippen molar-refractivity contribution in [3.63, 3.8) is 0 Å². The minimum atomic E-state index is -0.325. The molecule has 5 nitrogen and oxygen atoms in total. The second kappa shape index (κ2) is 6.88. The maximum Gasteiger partial charge on any atom is 0.232 e. The molecule has 1 amide bonds. The molecule has 3 N–H and O–H groups in total. The Morgan fingerprint density at radius 1 is 1.41 bits per heavy atom. The van der Waals surface area contributed by atoms with Gasteiger partial charge in [-0.3, -0.25) is 9.69 Å². The fourth-order valence-corrected chi connectivity index (χ4v) is 2.32. The van der Waals surface area contributed by atoms with Crippen LogP contribution < -0.4 is 5.73 Å². The fraction of sp³-hybridized carbons (Fsp3) is 0.818. The minimum Gasteiger partial charge on any atom is -0.395 e. The molecular formula is C11H21N3O2S. The molecule has 0 radical (unpaired) electrons. The first-order chi connectivity index (χ1) is 8.10. The maximum absolute atomic E-state index is 12.1. The van der Waals surface area contributed by atoms with Gasteiger partial charge in [-0.2, -0.15) is 0 Å². The summed E-state index contributed by atoms with van der Waals surface area (Å²) in [6.45, 7) is 5.76. The Balaban J connectivity index is 2.47. The molecule has 0 bridgehead atoms. The minimum absolute atomic E-state index is 0.0450. The van der Waals surface area contributed by atoms with Crippen LogP contribution in [-0.2, 0) is 4.79 Å². The lowest BCUT2D eigenvalue weighted by atomic mass is 10.0. The van der Waals surface area contributed by atoms with Crippen LogP contribution in [0, 0.1) is 5.92 Å². The Hall–Kier alpha value is -0.720. The first-order valence-corrected chi connectivity index (χ1v) is 6.42. The summed E-state index contributed by atoms with van der Waals surface area (Å²) in [6, 6.07) is 0. The zero-order valence-corrected chi connectivity index (χ0v) is 11.1. The van der Waals surface area contributed by atoms with Gasteiger partial charge in [-0.1, -0.05) is 19.1 Å². The highest BCUT2D eigenvalue weighted by molar-refractivity contribution is 7.80. The summed E-state index contributed by atoms with van der Waals surface area (Å²) in [6.07, 6.45) is 0.658. The number of aliphatic hydroxyl groups is 1. The highest BCUT2D eigenvalue weighted by Gasteiger charge is 2.27. The van der Waals surface area contributed by atoms with Gasteiger partial charge in [0.2, 0.25) is 5.91 Å². The van der Waals surface area contributed by atoms with E-state index in [1.165, 1.54) is 0 Å². The maximum atomic E-state index is 12.1. The number of β-amino-alcohol motifs (C(OH)–C–C–N with tert-alkyl or cyclic N) is 1. The molecule has 0 aromatic heterocycles. The van der Waals surface area contributed by atoms with E-state index in [1.807, 2.05) is 11.8 Å². The number of carbonyl (C=O) groups is 1. The fourth-order valence-electron chi connectivity index (χ4n) is 2.05. The largest absolute Gasteiger partial charge is 0.395 e. The quantitative estimate of drug-likeness (QED) is 0.648. The number of hydrogen-bond donors (Lipinski definition) is 2. The molecule has 17 heavy (non-hydrogen) atoms. The van der Waals surface area contributed by atoms with Gasteiger partial charge in [0.25, 0.3) is 0 Å². The molecular weight excluding hydrogens is 238 g/mol. The number of nitrogens with two attached hydrogens (primary N) is 1. The lowest BCUT2D eigenvalue weighted by Gasteiger charge is -2.35. The third-order valence-corrected chi connectivity index (χ3v) is 3.43. The molecule has 6 heteroatoms. The van der Waals surface area contributed by atoms with E-state index >= 15 is 0 Å². The van der Waals surface area contributed by atoms with Crippen LogP contribution in [0.15, 0.2) is 0 Å².